The summed E-state index contributed by atoms with van der Waals surface area (Å²) in [4.78, 5) is 5.44. The molecule has 3 heteroatoms. The standard InChI is InChI=1S/C74H89BN2/c1-67(2,3)49-26-24-46(25-27-49)47-22-21-23-48(38-47)54-39-50(68(4,5)6)28-32-61(54)77-62-33-29-51(69(7,8)9)40-59(62)75-60-44-57-58(74(19,20)37-36-73(57,17)18)45-63(60)76(64-41-52(70(10,11)12)42-65(77)66(64)75)53-30-31-55-56(43-53)72(15,16)35-34-71(55,13)14/h21-33,38-45H,34-37H2,1-20H3. The monoisotopic (exact) mass is 1020 g/mol. The fourth-order valence-corrected chi connectivity index (χ4v) is 13.7. The predicted molar refractivity (Wildman–Crippen MR) is 337 cm³/mol. The van der Waals surface area contributed by atoms with Gasteiger partial charge in [0, 0.05) is 34.0 Å². The lowest BCUT2D eigenvalue weighted by Crippen LogP contribution is -2.62. The molecule has 0 bridgehead atoms. The van der Waals surface area contributed by atoms with Crippen LogP contribution in [0.2, 0.25) is 0 Å². The van der Waals surface area contributed by atoms with E-state index in [1.165, 1.54) is 143 Å². The zero-order valence-corrected chi connectivity index (χ0v) is 50.9. The predicted octanol–water partition coefficient (Wildman–Crippen LogP) is 19.0. The summed E-state index contributed by atoms with van der Waals surface area (Å²) in [5, 5.41) is 0. The molecular weight excluding hydrogens is 928 g/mol. The van der Waals surface area contributed by atoms with Crippen molar-refractivity contribution < 1.29 is 0 Å². The normalized spacial score (nSPS) is 18.0. The molecule has 0 unspecified atom stereocenters. The molecule has 0 saturated carbocycles. The molecule has 7 aromatic rings. The molecule has 0 spiro atoms. The zero-order valence-electron chi connectivity index (χ0n) is 50.9. The Morgan fingerprint density at radius 3 is 1.38 bits per heavy atom. The van der Waals surface area contributed by atoms with E-state index in [0.717, 1.165) is 0 Å². The van der Waals surface area contributed by atoms with Gasteiger partial charge in [0.05, 0.1) is 5.69 Å². The molecule has 4 aliphatic rings. The Kier molecular flexibility index (Phi) is 12.0. The third kappa shape index (κ3) is 8.93. The van der Waals surface area contributed by atoms with Crippen LogP contribution in [0.5, 0.6) is 0 Å². The Morgan fingerprint density at radius 1 is 0.338 bits per heavy atom. The molecule has 2 heterocycles. The minimum atomic E-state index is -0.144. The quantitative estimate of drug-likeness (QED) is 0.162. The fourth-order valence-electron chi connectivity index (χ4n) is 13.7. The van der Waals surface area contributed by atoms with E-state index in [9.17, 15) is 0 Å². The highest BCUT2D eigenvalue weighted by molar-refractivity contribution is 7.00. The summed E-state index contributed by atoms with van der Waals surface area (Å²) in [5.41, 5.74) is 28.2. The van der Waals surface area contributed by atoms with E-state index in [-0.39, 0.29) is 50.0 Å². The van der Waals surface area contributed by atoms with Crippen LogP contribution in [-0.4, -0.2) is 6.71 Å². The average molecular weight is 1020 g/mol. The molecule has 0 atom stereocenters. The molecule has 0 amide bonds. The first-order valence-electron chi connectivity index (χ1n) is 29.3. The van der Waals surface area contributed by atoms with Crippen molar-refractivity contribution in [3.8, 4) is 22.3 Å². The summed E-state index contributed by atoms with van der Waals surface area (Å²) in [6.07, 6.45) is 4.70. The van der Waals surface area contributed by atoms with Gasteiger partial charge < -0.3 is 9.80 Å². The molecule has 0 radical (unpaired) electrons. The summed E-state index contributed by atoms with van der Waals surface area (Å²) < 4.78 is 0. The highest BCUT2D eigenvalue weighted by atomic mass is 15.2. The van der Waals surface area contributed by atoms with E-state index in [1.807, 2.05) is 0 Å². The van der Waals surface area contributed by atoms with E-state index in [0.29, 0.717) is 0 Å². The van der Waals surface area contributed by atoms with Crippen LogP contribution in [0, 0.1) is 0 Å². The molecular formula is C74H89BN2. The Labute approximate surface area is 466 Å². The average Bonchev–Trinajstić information content (AvgIpc) is 3.47. The Bertz CT molecular complexity index is 3510. The van der Waals surface area contributed by atoms with Crippen molar-refractivity contribution in [3.05, 3.63) is 172 Å². The van der Waals surface area contributed by atoms with Crippen molar-refractivity contribution in [2.24, 2.45) is 0 Å². The van der Waals surface area contributed by atoms with E-state index >= 15 is 0 Å². The number of anilines is 6. The molecule has 398 valence electrons. The van der Waals surface area contributed by atoms with Crippen molar-refractivity contribution in [1.82, 2.24) is 0 Å². The molecule has 0 N–H and O–H groups in total. The van der Waals surface area contributed by atoms with Crippen LogP contribution in [0.15, 0.2) is 127 Å². The highest BCUT2D eigenvalue weighted by Crippen LogP contribution is 2.54. The SMILES string of the molecule is CC(C)(C)c1ccc(-c2cccc(-c3cc(C(C)(C)C)ccc3N3c4ccc(C(C)(C)C)cc4B4c5cc6c(cc5N(c5ccc7c(c5)C(C)(C)CCC7(C)C)c5cc(C(C)(C)C)cc3c54)C(C)(C)CCC6(C)C)c2)cc1. The van der Waals surface area contributed by atoms with Gasteiger partial charge in [0.15, 0.2) is 0 Å². The first kappa shape index (κ1) is 53.2. The lowest BCUT2D eigenvalue weighted by molar-refractivity contribution is 0.332. The van der Waals surface area contributed by atoms with Crippen LogP contribution in [0.25, 0.3) is 22.3 Å². The number of rotatable bonds is 4. The van der Waals surface area contributed by atoms with Gasteiger partial charge in [-0.2, -0.15) is 0 Å². The zero-order chi connectivity index (χ0) is 55.5. The second-order valence-electron chi connectivity index (χ2n) is 30.9. The van der Waals surface area contributed by atoms with Crippen LogP contribution in [-0.2, 0) is 43.3 Å². The lowest BCUT2D eigenvalue weighted by atomic mass is 9.32. The molecule has 2 aliphatic heterocycles. The minimum absolute atomic E-state index is 0.00431. The van der Waals surface area contributed by atoms with Crippen molar-refractivity contribution in [2.75, 3.05) is 9.80 Å². The Hall–Kier alpha value is -5.80. The molecule has 77 heavy (non-hydrogen) atoms. The van der Waals surface area contributed by atoms with Gasteiger partial charge in [0.25, 0.3) is 6.71 Å². The minimum Gasteiger partial charge on any atom is -0.311 e. The van der Waals surface area contributed by atoms with Gasteiger partial charge in [-0.25, -0.2) is 0 Å². The fraction of sp³-hybridized carbons (Fsp3) is 0.432. The van der Waals surface area contributed by atoms with Gasteiger partial charge in [-0.05, 0) is 201 Å². The number of benzene rings is 7. The van der Waals surface area contributed by atoms with Gasteiger partial charge in [-0.15, -0.1) is 0 Å². The van der Waals surface area contributed by atoms with Crippen LogP contribution < -0.4 is 26.2 Å². The maximum atomic E-state index is 2.74. The third-order valence-corrected chi connectivity index (χ3v) is 19.2. The molecule has 11 rings (SSSR count). The molecule has 0 aromatic heterocycles. The van der Waals surface area contributed by atoms with E-state index < -0.39 is 0 Å². The molecule has 0 fully saturated rings. The first-order chi connectivity index (χ1) is 35.7. The molecule has 7 aromatic carbocycles. The maximum absolute atomic E-state index is 2.74. The number of nitrogens with zero attached hydrogens (tertiary/aromatic N) is 2. The van der Waals surface area contributed by atoms with Gasteiger partial charge in [0.2, 0.25) is 0 Å². The summed E-state index contributed by atoms with van der Waals surface area (Å²) in [6, 6.07) is 51.7. The number of hydrogen-bond donors (Lipinski definition) is 0. The Balaban J connectivity index is 1.26. The summed E-state index contributed by atoms with van der Waals surface area (Å²) >= 11 is 0. The molecule has 2 aliphatic carbocycles. The van der Waals surface area contributed by atoms with E-state index in [4.69, 9.17) is 0 Å². The van der Waals surface area contributed by atoms with Crippen molar-refractivity contribution in [3.63, 3.8) is 0 Å². The smallest absolute Gasteiger partial charge is 0.252 e. The van der Waals surface area contributed by atoms with E-state index in [2.05, 4.69) is 276 Å². The first-order valence-corrected chi connectivity index (χ1v) is 29.3. The van der Waals surface area contributed by atoms with Crippen molar-refractivity contribution in [1.29, 1.82) is 0 Å². The van der Waals surface area contributed by atoms with Crippen molar-refractivity contribution >= 4 is 57.2 Å². The summed E-state index contributed by atoms with van der Waals surface area (Å²) in [5.74, 6) is 0. The van der Waals surface area contributed by atoms with Crippen LogP contribution in [0.4, 0.5) is 34.1 Å². The van der Waals surface area contributed by atoms with Crippen molar-refractivity contribution in [2.45, 2.75) is 207 Å². The van der Waals surface area contributed by atoms with Gasteiger partial charge in [0.1, 0.15) is 0 Å². The highest BCUT2D eigenvalue weighted by Gasteiger charge is 2.48. The van der Waals surface area contributed by atoms with Crippen LogP contribution in [0.3, 0.4) is 0 Å². The second-order valence-corrected chi connectivity index (χ2v) is 30.9. The van der Waals surface area contributed by atoms with Crippen LogP contribution >= 0.6 is 0 Å². The second kappa shape index (κ2) is 17.4. The molecule has 0 saturated heterocycles. The molecule has 2 nitrogen and oxygen atoms in total. The maximum Gasteiger partial charge on any atom is 0.252 e. The Morgan fingerprint density at radius 2 is 0.805 bits per heavy atom. The summed E-state index contributed by atoms with van der Waals surface area (Å²) in [6.45, 7) is 48.2. The topological polar surface area (TPSA) is 6.48 Å². The van der Waals surface area contributed by atoms with E-state index in [1.54, 1.807) is 0 Å². The van der Waals surface area contributed by atoms with Gasteiger partial charge >= 0.3 is 0 Å². The number of fused-ring (bicyclic) bond motifs is 6. The van der Waals surface area contributed by atoms with Gasteiger partial charge in [-0.3, -0.25) is 0 Å². The van der Waals surface area contributed by atoms with Crippen LogP contribution in [0.1, 0.15) is 209 Å². The van der Waals surface area contributed by atoms with Gasteiger partial charge in [-0.1, -0.05) is 211 Å². The largest absolute Gasteiger partial charge is 0.311 e. The lowest BCUT2D eigenvalue weighted by Gasteiger charge is -2.48. The third-order valence-electron chi connectivity index (χ3n) is 19.2. The number of hydrogen-bond acceptors (Lipinski definition) is 2. The summed E-state index contributed by atoms with van der Waals surface area (Å²) in [7, 11) is 0.